The largest absolute Gasteiger partial charge is 0.417 e. The second-order valence-electron chi connectivity index (χ2n) is 6.44. The molecule has 0 aliphatic carbocycles. The van der Waals surface area contributed by atoms with Gasteiger partial charge in [0.15, 0.2) is 0 Å². The number of pyridine rings is 1. The van der Waals surface area contributed by atoms with Crippen LogP contribution in [-0.4, -0.2) is 40.5 Å². The highest BCUT2D eigenvalue weighted by Gasteiger charge is 2.36. The van der Waals surface area contributed by atoms with Gasteiger partial charge in [0.1, 0.15) is 6.54 Å². The van der Waals surface area contributed by atoms with E-state index in [9.17, 15) is 22.8 Å². The fraction of sp³-hybridized carbons (Fsp3) is 0.625. The zero-order valence-electron chi connectivity index (χ0n) is 13.2. The molecular weight excluding hydrogens is 323 g/mol. The number of halogens is 3. The number of hydrogen-bond donors (Lipinski definition) is 1. The van der Waals surface area contributed by atoms with E-state index in [2.05, 4.69) is 10.2 Å². The first-order valence-corrected chi connectivity index (χ1v) is 8.16. The van der Waals surface area contributed by atoms with Crippen molar-refractivity contribution in [3.05, 3.63) is 34.2 Å². The van der Waals surface area contributed by atoms with Gasteiger partial charge in [-0.1, -0.05) is 6.42 Å². The summed E-state index contributed by atoms with van der Waals surface area (Å²) in [6.07, 6.45) is 0.309. The minimum Gasteiger partial charge on any atom is -0.350 e. The van der Waals surface area contributed by atoms with Crippen molar-refractivity contribution in [3.63, 3.8) is 0 Å². The molecule has 0 spiro atoms. The van der Waals surface area contributed by atoms with Crippen LogP contribution in [0.2, 0.25) is 0 Å². The van der Waals surface area contributed by atoms with Crippen molar-refractivity contribution in [2.45, 2.75) is 50.5 Å². The Labute approximate surface area is 137 Å². The first-order valence-electron chi connectivity index (χ1n) is 8.16. The lowest BCUT2D eigenvalue weighted by molar-refractivity contribution is -0.138. The summed E-state index contributed by atoms with van der Waals surface area (Å²) in [6.45, 7) is 1.56. The predicted octanol–water partition coefficient (Wildman–Crippen LogP) is 1.61. The average molecular weight is 343 g/mol. The van der Waals surface area contributed by atoms with Crippen LogP contribution in [0.3, 0.4) is 0 Å². The van der Waals surface area contributed by atoms with Gasteiger partial charge in [0.25, 0.3) is 5.56 Å². The van der Waals surface area contributed by atoms with E-state index in [4.69, 9.17) is 0 Å². The molecule has 1 N–H and O–H groups in total. The van der Waals surface area contributed by atoms with E-state index >= 15 is 0 Å². The van der Waals surface area contributed by atoms with Crippen molar-refractivity contribution in [2.24, 2.45) is 0 Å². The molecule has 0 unspecified atom stereocenters. The first kappa shape index (κ1) is 17.0. The Morgan fingerprint density at radius 3 is 2.75 bits per heavy atom. The monoisotopic (exact) mass is 343 g/mol. The molecule has 0 aromatic carbocycles. The van der Waals surface area contributed by atoms with Gasteiger partial charge in [-0.05, 0) is 31.9 Å². The SMILES string of the molecule is O=C(Cn1cc(C(F)(F)F)ccc1=O)N[C@H]1CCN2CCCC[C@@H]12. The van der Waals surface area contributed by atoms with Gasteiger partial charge in [0, 0.05) is 30.9 Å². The molecule has 0 radical (unpaired) electrons. The third-order valence-electron chi connectivity index (χ3n) is 4.83. The van der Waals surface area contributed by atoms with E-state index in [1.165, 1.54) is 0 Å². The van der Waals surface area contributed by atoms with Crippen molar-refractivity contribution in [1.82, 2.24) is 14.8 Å². The van der Waals surface area contributed by atoms with Crippen molar-refractivity contribution in [2.75, 3.05) is 13.1 Å². The van der Waals surface area contributed by atoms with Crippen LogP contribution >= 0.6 is 0 Å². The number of carbonyl (C=O) groups excluding carboxylic acids is 1. The van der Waals surface area contributed by atoms with Gasteiger partial charge in [0.05, 0.1) is 5.56 Å². The van der Waals surface area contributed by atoms with E-state index in [0.717, 1.165) is 55.5 Å². The Morgan fingerprint density at radius 2 is 2.00 bits per heavy atom. The summed E-state index contributed by atoms with van der Waals surface area (Å²) in [6, 6.07) is 1.89. The fourth-order valence-corrected chi connectivity index (χ4v) is 3.65. The molecule has 1 aromatic heterocycles. The van der Waals surface area contributed by atoms with E-state index in [1.54, 1.807) is 0 Å². The number of alkyl halides is 3. The lowest BCUT2D eigenvalue weighted by Gasteiger charge is -2.32. The van der Waals surface area contributed by atoms with Crippen molar-refractivity contribution >= 4 is 5.91 Å². The lowest BCUT2D eigenvalue weighted by Crippen LogP contribution is -2.48. The summed E-state index contributed by atoms with van der Waals surface area (Å²) < 4.78 is 39.0. The van der Waals surface area contributed by atoms with Crippen LogP contribution in [0.4, 0.5) is 13.2 Å². The molecule has 1 amide bonds. The smallest absolute Gasteiger partial charge is 0.350 e. The molecule has 2 atom stereocenters. The van der Waals surface area contributed by atoms with Crippen LogP contribution in [0.15, 0.2) is 23.1 Å². The first-order chi connectivity index (χ1) is 11.3. The summed E-state index contributed by atoms with van der Waals surface area (Å²) in [5, 5.41) is 2.89. The van der Waals surface area contributed by atoms with E-state index in [1.807, 2.05) is 0 Å². The second-order valence-corrected chi connectivity index (χ2v) is 6.44. The summed E-state index contributed by atoms with van der Waals surface area (Å²) in [5.74, 6) is -0.422. The molecule has 1 aromatic rings. The molecular formula is C16H20F3N3O2. The number of aromatic nitrogens is 1. The zero-order valence-corrected chi connectivity index (χ0v) is 13.2. The van der Waals surface area contributed by atoms with E-state index in [-0.39, 0.29) is 6.04 Å². The third kappa shape index (κ3) is 3.63. The van der Waals surface area contributed by atoms with Gasteiger partial charge >= 0.3 is 6.18 Å². The highest BCUT2D eigenvalue weighted by molar-refractivity contribution is 5.76. The van der Waals surface area contributed by atoms with E-state index < -0.39 is 29.8 Å². The Hall–Kier alpha value is -1.83. The maximum absolute atomic E-state index is 12.7. The van der Waals surface area contributed by atoms with Gasteiger partial charge in [-0.3, -0.25) is 14.5 Å². The third-order valence-corrected chi connectivity index (χ3v) is 4.83. The second kappa shape index (κ2) is 6.58. The molecule has 2 aliphatic heterocycles. The molecule has 2 saturated heterocycles. The van der Waals surface area contributed by atoms with Crippen molar-refractivity contribution in [1.29, 1.82) is 0 Å². The Morgan fingerprint density at radius 1 is 1.21 bits per heavy atom. The van der Waals surface area contributed by atoms with Gasteiger partial charge in [-0.25, -0.2) is 0 Å². The zero-order chi connectivity index (χ0) is 17.3. The molecule has 132 valence electrons. The summed E-state index contributed by atoms with van der Waals surface area (Å²) in [5.41, 5.74) is -1.56. The highest BCUT2D eigenvalue weighted by atomic mass is 19.4. The summed E-state index contributed by atoms with van der Waals surface area (Å²) >= 11 is 0. The molecule has 24 heavy (non-hydrogen) atoms. The molecule has 0 bridgehead atoms. The molecule has 3 rings (SSSR count). The topological polar surface area (TPSA) is 54.3 Å². The van der Waals surface area contributed by atoms with Gasteiger partial charge in [0.2, 0.25) is 5.91 Å². The number of rotatable bonds is 3. The molecule has 2 aliphatic rings. The highest BCUT2D eigenvalue weighted by Crippen LogP contribution is 2.28. The number of nitrogens with one attached hydrogen (secondary N) is 1. The minimum absolute atomic E-state index is 0.0132. The van der Waals surface area contributed by atoms with Crippen LogP contribution in [0.25, 0.3) is 0 Å². The number of piperidine rings is 1. The van der Waals surface area contributed by atoms with Crippen LogP contribution in [-0.2, 0) is 17.5 Å². The summed E-state index contributed by atoms with van der Waals surface area (Å²) in [7, 11) is 0. The maximum atomic E-state index is 12.7. The number of amides is 1. The molecule has 0 saturated carbocycles. The van der Waals surface area contributed by atoms with Gasteiger partial charge < -0.3 is 9.88 Å². The molecule has 3 heterocycles. The number of carbonyl (C=O) groups is 1. The normalized spacial score (nSPS) is 24.6. The lowest BCUT2D eigenvalue weighted by atomic mass is 9.99. The Bertz CT molecular complexity index is 671. The summed E-state index contributed by atoms with van der Waals surface area (Å²) in [4.78, 5) is 26.2. The number of fused-ring (bicyclic) bond motifs is 1. The standard InChI is InChI=1S/C16H20F3N3O2/c17-16(18,19)11-4-5-15(24)22(9-11)10-14(23)20-12-6-8-21-7-2-1-3-13(12)21/h4-5,9,12-13H,1-3,6-8,10H2,(H,20,23)/t12-,13-/m0/s1. The predicted molar refractivity (Wildman–Crippen MR) is 81.5 cm³/mol. The molecule has 5 nitrogen and oxygen atoms in total. The Kier molecular flexibility index (Phi) is 4.67. The maximum Gasteiger partial charge on any atom is 0.417 e. The van der Waals surface area contributed by atoms with Crippen LogP contribution in [0.1, 0.15) is 31.2 Å². The number of nitrogens with zero attached hydrogens (tertiary/aromatic N) is 2. The molecule has 8 heteroatoms. The van der Waals surface area contributed by atoms with Crippen LogP contribution < -0.4 is 10.9 Å². The van der Waals surface area contributed by atoms with Crippen molar-refractivity contribution in [3.8, 4) is 0 Å². The van der Waals surface area contributed by atoms with Crippen LogP contribution in [0, 0.1) is 0 Å². The van der Waals surface area contributed by atoms with Crippen LogP contribution in [0.5, 0.6) is 0 Å². The molecule has 2 fully saturated rings. The number of hydrogen-bond acceptors (Lipinski definition) is 3. The van der Waals surface area contributed by atoms with Crippen molar-refractivity contribution < 1.29 is 18.0 Å². The van der Waals surface area contributed by atoms with Gasteiger partial charge in [-0.2, -0.15) is 13.2 Å². The quantitative estimate of drug-likeness (QED) is 0.907. The minimum atomic E-state index is -4.54. The average Bonchev–Trinajstić information content (AvgIpc) is 2.91. The van der Waals surface area contributed by atoms with E-state index in [0.29, 0.717) is 12.2 Å². The fourth-order valence-electron chi connectivity index (χ4n) is 3.65. The Balaban J connectivity index is 1.66. The van der Waals surface area contributed by atoms with Gasteiger partial charge in [-0.15, -0.1) is 0 Å².